The average molecular weight is 452 g/mol. The third-order valence-corrected chi connectivity index (χ3v) is 4.18. The lowest BCUT2D eigenvalue weighted by Crippen LogP contribution is -2.16. The molecular weight excluding hydrogens is 434 g/mol. The van der Waals surface area contributed by atoms with E-state index in [1.54, 1.807) is 19.0 Å². The second kappa shape index (κ2) is 9.95. The first-order valence-electron chi connectivity index (χ1n) is 9.38. The molecule has 0 atom stereocenters. The van der Waals surface area contributed by atoms with Crippen LogP contribution in [0.5, 0.6) is 5.75 Å². The van der Waals surface area contributed by atoms with Crippen molar-refractivity contribution in [3.63, 3.8) is 0 Å². The van der Waals surface area contributed by atoms with Crippen molar-refractivity contribution in [2.75, 3.05) is 29.7 Å². The molecule has 14 nitrogen and oxygen atoms in total. The number of benzene rings is 2. The third-order valence-electron chi connectivity index (χ3n) is 4.18. The Bertz CT molecular complexity index is 1200. The maximum absolute atomic E-state index is 12.2. The predicted octanol–water partition coefficient (Wildman–Crippen LogP) is 1.89. The lowest BCUT2D eigenvalue weighted by Gasteiger charge is -2.13. The van der Waals surface area contributed by atoms with Gasteiger partial charge in [0.2, 0.25) is 17.8 Å². The fourth-order valence-corrected chi connectivity index (χ4v) is 2.59. The van der Waals surface area contributed by atoms with Gasteiger partial charge >= 0.3 is 0 Å². The van der Waals surface area contributed by atoms with Crippen LogP contribution >= 0.6 is 0 Å². The summed E-state index contributed by atoms with van der Waals surface area (Å²) in [5, 5.41) is 41.1. The van der Waals surface area contributed by atoms with Gasteiger partial charge in [0.1, 0.15) is 0 Å². The maximum Gasteiger partial charge on any atom is 0.276 e. The Morgan fingerprint density at radius 3 is 2.36 bits per heavy atom. The highest BCUT2D eigenvalue weighted by atomic mass is 16.6. The Labute approximate surface area is 186 Å². The molecule has 0 aliphatic carbocycles. The molecule has 0 amide bonds. The van der Waals surface area contributed by atoms with Gasteiger partial charge in [0, 0.05) is 32.3 Å². The molecular formula is C19H18N9O5-. The van der Waals surface area contributed by atoms with Crippen molar-refractivity contribution in [3.8, 4) is 5.75 Å². The van der Waals surface area contributed by atoms with E-state index in [1.165, 1.54) is 0 Å². The minimum absolute atomic E-state index is 0.0212. The monoisotopic (exact) mass is 452 g/mol. The first-order valence-corrected chi connectivity index (χ1v) is 9.38. The van der Waals surface area contributed by atoms with Crippen LogP contribution in [0.1, 0.15) is 11.1 Å². The minimum atomic E-state index is -1.01. The number of hydrazone groups is 1. The van der Waals surface area contributed by atoms with Gasteiger partial charge in [0.15, 0.2) is 0 Å². The van der Waals surface area contributed by atoms with Crippen molar-refractivity contribution in [3.05, 3.63) is 73.8 Å². The van der Waals surface area contributed by atoms with Crippen LogP contribution in [0.4, 0.5) is 29.2 Å². The number of aromatic nitrogens is 3. The molecule has 3 aromatic rings. The smallest absolute Gasteiger partial charge is 0.276 e. The molecule has 0 fully saturated rings. The molecule has 1 aromatic heterocycles. The summed E-state index contributed by atoms with van der Waals surface area (Å²) in [6.45, 7) is 0.456. The number of nitrogens with one attached hydrogen (secondary N) is 2. The van der Waals surface area contributed by atoms with Gasteiger partial charge in [0.25, 0.3) is 11.4 Å². The second-order valence-electron chi connectivity index (χ2n) is 6.78. The van der Waals surface area contributed by atoms with E-state index in [1.807, 2.05) is 30.3 Å². The van der Waals surface area contributed by atoms with Crippen LogP contribution < -0.4 is 20.7 Å². The predicted molar refractivity (Wildman–Crippen MR) is 118 cm³/mol. The fourth-order valence-electron chi connectivity index (χ4n) is 2.59. The van der Waals surface area contributed by atoms with Gasteiger partial charge in [-0.15, -0.1) is 0 Å². The molecule has 0 unspecified atom stereocenters. The van der Waals surface area contributed by atoms with Gasteiger partial charge in [-0.05, 0) is 11.3 Å². The zero-order chi connectivity index (χ0) is 24.0. The van der Waals surface area contributed by atoms with E-state index < -0.39 is 27.0 Å². The van der Waals surface area contributed by atoms with E-state index in [2.05, 4.69) is 30.8 Å². The molecule has 1 heterocycles. The second-order valence-corrected chi connectivity index (χ2v) is 6.78. The molecule has 170 valence electrons. The summed E-state index contributed by atoms with van der Waals surface area (Å²) in [4.78, 5) is 34.5. The topological polar surface area (TPSA) is 188 Å². The lowest BCUT2D eigenvalue weighted by atomic mass is 10.1. The number of rotatable bonds is 9. The molecule has 0 bridgehead atoms. The van der Waals surface area contributed by atoms with E-state index in [9.17, 15) is 25.3 Å². The van der Waals surface area contributed by atoms with Crippen LogP contribution in [0, 0.1) is 20.2 Å². The largest absolute Gasteiger partial charge is 0.867 e. The Morgan fingerprint density at radius 2 is 1.73 bits per heavy atom. The lowest BCUT2D eigenvalue weighted by molar-refractivity contribution is -0.403. The summed E-state index contributed by atoms with van der Waals surface area (Å²) >= 11 is 0. The first-order chi connectivity index (χ1) is 15.7. The summed E-state index contributed by atoms with van der Waals surface area (Å²) in [6.07, 6.45) is 0.929. The first kappa shape index (κ1) is 22.8. The molecule has 0 aliphatic rings. The van der Waals surface area contributed by atoms with Gasteiger partial charge in [-0.2, -0.15) is 20.1 Å². The van der Waals surface area contributed by atoms with Crippen molar-refractivity contribution in [2.45, 2.75) is 6.54 Å². The Kier molecular flexibility index (Phi) is 6.87. The molecule has 0 spiro atoms. The molecule has 2 aromatic carbocycles. The van der Waals surface area contributed by atoms with Crippen LogP contribution in [0.15, 0.2) is 47.6 Å². The third kappa shape index (κ3) is 5.84. The van der Waals surface area contributed by atoms with E-state index in [0.717, 1.165) is 17.8 Å². The van der Waals surface area contributed by atoms with E-state index in [-0.39, 0.29) is 17.5 Å². The van der Waals surface area contributed by atoms with Crippen LogP contribution in [-0.4, -0.2) is 45.1 Å². The minimum Gasteiger partial charge on any atom is -0.867 e. The van der Waals surface area contributed by atoms with Crippen molar-refractivity contribution >= 4 is 35.4 Å². The summed E-state index contributed by atoms with van der Waals surface area (Å²) in [5.74, 6) is -0.418. The molecule has 0 saturated heterocycles. The van der Waals surface area contributed by atoms with E-state index >= 15 is 0 Å². The summed E-state index contributed by atoms with van der Waals surface area (Å²) in [6, 6.07) is 11.1. The van der Waals surface area contributed by atoms with Crippen LogP contribution in [0.25, 0.3) is 0 Å². The fraction of sp³-hybridized carbons (Fsp3) is 0.158. The Morgan fingerprint density at radius 1 is 1.03 bits per heavy atom. The molecule has 3 rings (SSSR count). The number of nitro benzene ring substituents is 2. The van der Waals surface area contributed by atoms with Crippen LogP contribution in [0.3, 0.4) is 0 Å². The van der Waals surface area contributed by atoms with Gasteiger partial charge in [-0.25, -0.2) is 5.43 Å². The molecule has 0 radical (unpaired) electrons. The normalized spacial score (nSPS) is 10.7. The van der Waals surface area contributed by atoms with Gasteiger partial charge in [-0.1, -0.05) is 30.3 Å². The average Bonchev–Trinajstić information content (AvgIpc) is 2.79. The SMILES string of the molecule is CN(C)c1nc(NCc2ccccc2)nc(N/N=C\c2cc([N+](=O)[O-])cc([N+](=O)[O-])c2[O-])n1. The van der Waals surface area contributed by atoms with Crippen molar-refractivity contribution in [1.29, 1.82) is 0 Å². The Balaban J connectivity index is 1.83. The van der Waals surface area contributed by atoms with E-state index in [0.29, 0.717) is 18.6 Å². The number of nitro groups is 2. The van der Waals surface area contributed by atoms with Crippen molar-refractivity contribution in [1.82, 2.24) is 15.0 Å². The molecule has 14 heteroatoms. The van der Waals surface area contributed by atoms with Gasteiger partial charge < -0.3 is 15.3 Å². The maximum atomic E-state index is 12.2. The molecule has 33 heavy (non-hydrogen) atoms. The highest BCUT2D eigenvalue weighted by Gasteiger charge is 2.18. The van der Waals surface area contributed by atoms with Crippen molar-refractivity contribution in [2.24, 2.45) is 5.10 Å². The van der Waals surface area contributed by atoms with Crippen LogP contribution in [0.2, 0.25) is 0 Å². The summed E-state index contributed by atoms with van der Waals surface area (Å²) in [5.41, 5.74) is 1.65. The number of non-ortho nitro benzene ring substituents is 1. The quantitative estimate of drug-likeness (QED) is 0.274. The zero-order valence-corrected chi connectivity index (χ0v) is 17.5. The standard InChI is InChI=1S/C19H19N9O5/c1-26(2)19-23-17(20-10-12-6-4-3-5-7-12)22-18(24-19)25-21-11-13-8-14(27(30)31)9-15(16(13)29)28(32)33/h3-9,11,29H,10H2,1-2H3,(H2,20,22,23,24,25)/p-1/b21-11-. The summed E-state index contributed by atoms with van der Waals surface area (Å²) in [7, 11) is 3.46. The van der Waals surface area contributed by atoms with Crippen molar-refractivity contribution < 1.29 is 15.0 Å². The highest BCUT2D eigenvalue weighted by molar-refractivity contribution is 5.87. The van der Waals surface area contributed by atoms with Gasteiger partial charge in [-0.3, -0.25) is 20.2 Å². The molecule has 0 aliphatic heterocycles. The summed E-state index contributed by atoms with van der Waals surface area (Å²) < 4.78 is 0. The number of nitrogens with zero attached hydrogens (tertiary/aromatic N) is 7. The number of hydrogen-bond acceptors (Lipinski definition) is 12. The van der Waals surface area contributed by atoms with Crippen LogP contribution in [-0.2, 0) is 6.54 Å². The van der Waals surface area contributed by atoms with E-state index in [4.69, 9.17) is 0 Å². The molecule has 0 saturated carbocycles. The number of anilines is 3. The highest BCUT2D eigenvalue weighted by Crippen LogP contribution is 2.31. The zero-order valence-electron chi connectivity index (χ0n) is 17.5. The Hall–Kier alpha value is -4.88. The number of hydrogen-bond donors (Lipinski definition) is 2. The van der Waals surface area contributed by atoms with Gasteiger partial charge in [0.05, 0.1) is 22.1 Å². The molecule has 2 N–H and O–H groups in total.